The van der Waals surface area contributed by atoms with Gasteiger partial charge < -0.3 is 0 Å². The van der Waals surface area contributed by atoms with E-state index in [1.54, 1.807) is 0 Å². The van der Waals surface area contributed by atoms with Gasteiger partial charge in [0, 0.05) is 0 Å². The van der Waals surface area contributed by atoms with Crippen molar-refractivity contribution in [2.24, 2.45) is 0 Å². The first kappa shape index (κ1) is 31.9. The van der Waals surface area contributed by atoms with Crippen LogP contribution in [0.4, 0.5) is 0 Å². The minimum absolute atomic E-state index is 0.778. The van der Waals surface area contributed by atoms with E-state index in [0.717, 1.165) is 26.1 Å². The van der Waals surface area contributed by atoms with Crippen LogP contribution in [-0.2, 0) is 9.78 Å². The van der Waals surface area contributed by atoms with Crippen molar-refractivity contribution >= 4 is 0 Å². The van der Waals surface area contributed by atoms with Crippen molar-refractivity contribution in [1.29, 1.82) is 0 Å². The largest absolute Gasteiger partial charge is 0.237 e. The Kier molecular flexibility index (Phi) is 27.4. The molecule has 0 saturated carbocycles. The average molecular weight is 481 g/mol. The van der Waals surface area contributed by atoms with Crippen LogP contribution in [0.1, 0.15) is 193 Å². The molecule has 2 heteroatoms. The smallest absolute Gasteiger partial charge is 0.0822 e. The molecule has 0 atom stereocenters. The van der Waals surface area contributed by atoms with E-state index in [1.807, 2.05) is 0 Å². The summed E-state index contributed by atoms with van der Waals surface area (Å²) in [5.41, 5.74) is 0. The van der Waals surface area contributed by atoms with Crippen LogP contribution in [0.2, 0.25) is 0 Å². The van der Waals surface area contributed by atoms with Crippen LogP contribution in [0.5, 0.6) is 0 Å². The van der Waals surface area contributed by atoms with Crippen LogP contribution >= 0.6 is 0 Å². The van der Waals surface area contributed by atoms with Crippen LogP contribution in [0, 0.1) is 0 Å². The molecule has 1 aliphatic rings. The van der Waals surface area contributed by atoms with Crippen LogP contribution in [0.15, 0.2) is 0 Å². The second kappa shape index (κ2) is 29.2. The summed E-state index contributed by atoms with van der Waals surface area (Å²) < 4.78 is 0. The lowest BCUT2D eigenvalue weighted by molar-refractivity contribution is -0.295. The lowest BCUT2D eigenvalue weighted by atomic mass is 10.0. The van der Waals surface area contributed by atoms with E-state index < -0.39 is 0 Å². The molecule has 0 spiro atoms. The van der Waals surface area contributed by atoms with Gasteiger partial charge in [0.25, 0.3) is 0 Å². The molecule has 1 fully saturated rings. The fourth-order valence-electron chi connectivity index (χ4n) is 5.39. The Bertz CT molecular complexity index is 184. The summed E-state index contributed by atoms with van der Waals surface area (Å²) in [7, 11) is 0. The third-order valence-corrected chi connectivity index (χ3v) is 7.79. The van der Waals surface area contributed by atoms with Gasteiger partial charge in [-0.25, -0.2) is 9.78 Å². The van der Waals surface area contributed by atoms with Gasteiger partial charge in [-0.15, -0.1) is 0 Å². The number of hydrogen-bond donors (Lipinski definition) is 0. The fourth-order valence-corrected chi connectivity index (χ4v) is 5.39. The third kappa shape index (κ3) is 26.5. The molecule has 1 heterocycles. The van der Waals surface area contributed by atoms with Crippen molar-refractivity contribution in [3.05, 3.63) is 0 Å². The molecule has 0 aromatic carbocycles. The molecule has 1 saturated heterocycles. The normalized spacial score (nSPS) is 24.0. The van der Waals surface area contributed by atoms with Crippen molar-refractivity contribution < 1.29 is 9.78 Å². The summed E-state index contributed by atoms with van der Waals surface area (Å²) in [5.74, 6) is 0. The average Bonchev–Trinajstić information content (AvgIpc) is 2.85. The standard InChI is InChI=1S/C32H64O2/c1-2-4-6-8-10-12-14-16-18-20-22-24-26-28-30-32-34-33-31-29-27-25-23-21-19-17-15-13-11-9-7-5-3-1/h1-32H2. The van der Waals surface area contributed by atoms with Crippen molar-refractivity contribution in [3.63, 3.8) is 0 Å². The molecule has 0 bridgehead atoms. The summed E-state index contributed by atoms with van der Waals surface area (Å²) in [4.78, 5) is 10.7. The van der Waals surface area contributed by atoms with Gasteiger partial charge in [0.05, 0.1) is 13.2 Å². The summed E-state index contributed by atoms with van der Waals surface area (Å²) >= 11 is 0. The minimum Gasteiger partial charge on any atom is -0.237 e. The summed E-state index contributed by atoms with van der Waals surface area (Å²) in [6.07, 6.45) is 42.7. The number of hydrogen-bond acceptors (Lipinski definition) is 2. The molecule has 0 aromatic rings. The predicted octanol–water partition coefficient (Wildman–Crippen LogP) is 11.7. The van der Waals surface area contributed by atoms with Gasteiger partial charge in [0.15, 0.2) is 0 Å². The first-order valence-electron chi connectivity index (χ1n) is 16.2. The van der Waals surface area contributed by atoms with Gasteiger partial charge in [-0.2, -0.15) is 0 Å². The Labute approximate surface area is 215 Å². The zero-order valence-electron chi connectivity index (χ0n) is 23.4. The van der Waals surface area contributed by atoms with Gasteiger partial charge in [0.2, 0.25) is 0 Å². The molecule has 0 N–H and O–H groups in total. The van der Waals surface area contributed by atoms with Crippen LogP contribution in [-0.4, -0.2) is 13.2 Å². The van der Waals surface area contributed by atoms with Crippen molar-refractivity contribution in [2.45, 2.75) is 193 Å². The third-order valence-electron chi connectivity index (χ3n) is 7.79. The highest BCUT2D eigenvalue weighted by molar-refractivity contribution is 4.52. The fraction of sp³-hybridized carbons (Fsp3) is 1.00. The molecule has 0 radical (unpaired) electrons. The van der Waals surface area contributed by atoms with Gasteiger partial charge in [0.1, 0.15) is 0 Å². The molecule has 2 nitrogen and oxygen atoms in total. The zero-order chi connectivity index (χ0) is 24.0. The molecule has 0 amide bonds. The predicted molar refractivity (Wildman–Crippen MR) is 150 cm³/mol. The number of rotatable bonds is 0. The Morgan fingerprint density at radius 2 is 0.265 bits per heavy atom. The van der Waals surface area contributed by atoms with E-state index in [9.17, 15) is 0 Å². The highest BCUT2D eigenvalue weighted by Crippen LogP contribution is 2.16. The van der Waals surface area contributed by atoms with Crippen molar-refractivity contribution in [2.75, 3.05) is 13.2 Å². The quantitative estimate of drug-likeness (QED) is 0.321. The minimum atomic E-state index is 0.778. The SMILES string of the molecule is C1CCCCCCCCCCCCCCCCOOCCCCCCCCCCCCCCC1. The monoisotopic (exact) mass is 480 g/mol. The van der Waals surface area contributed by atoms with Crippen molar-refractivity contribution in [1.82, 2.24) is 0 Å². The van der Waals surface area contributed by atoms with Crippen molar-refractivity contribution in [3.8, 4) is 0 Å². The second-order valence-corrected chi connectivity index (χ2v) is 11.3. The molecule has 0 aromatic heterocycles. The Balaban J connectivity index is 2.00. The van der Waals surface area contributed by atoms with E-state index in [0.29, 0.717) is 0 Å². The molecule has 34 heavy (non-hydrogen) atoms. The summed E-state index contributed by atoms with van der Waals surface area (Å²) in [5, 5.41) is 0. The van der Waals surface area contributed by atoms with Gasteiger partial charge >= 0.3 is 0 Å². The second-order valence-electron chi connectivity index (χ2n) is 11.3. The van der Waals surface area contributed by atoms with Gasteiger partial charge in [-0.1, -0.05) is 180 Å². The Hall–Kier alpha value is -0.0800. The van der Waals surface area contributed by atoms with E-state index in [1.165, 1.54) is 180 Å². The summed E-state index contributed by atoms with van der Waals surface area (Å²) in [6, 6.07) is 0. The topological polar surface area (TPSA) is 18.5 Å². The van der Waals surface area contributed by atoms with Crippen LogP contribution < -0.4 is 0 Å². The first-order chi connectivity index (χ1) is 17.0. The highest BCUT2D eigenvalue weighted by atomic mass is 17.2. The molecule has 204 valence electrons. The Morgan fingerprint density at radius 1 is 0.147 bits per heavy atom. The van der Waals surface area contributed by atoms with E-state index >= 15 is 0 Å². The lowest BCUT2D eigenvalue weighted by Crippen LogP contribution is -1.99. The molecular weight excluding hydrogens is 416 g/mol. The van der Waals surface area contributed by atoms with Crippen LogP contribution in [0.3, 0.4) is 0 Å². The molecule has 0 aliphatic carbocycles. The van der Waals surface area contributed by atoms with Crippen LogP contribution in [0.25, 0.3) is 0 Å². The summed E-state index contributed by atoms with van der Waals surface area (Å²) in [6.45, 7) is 1.56. The van der Waals surface area contributed by atoms with Gasteiger partial charge in [-0.05, 0) is 12.8 Å². The maximum absolute atomic E-state index is 5.36. The zero-order valence-corrected chi connectivity index (χ0v) is 23.4. The lowest BCUT2D eigenvalue weighted by Gasteiger charge is -2.06. The first-order valence-corrected chi connectivity index (χ1v) is 16.2. The molecule has 1 rings (SSSR count). The Morgan fingerprint density at radius 3 is 0.412 bits per heavy atom. The van der Waals surface area contributed by atoms with Gasteiger partial charge in [-0.3, -0.25) is 0 Å². The van der Waals surface area contributed by atoms with E-state index in [-0.39, 0.29) is 0 Å². The highest BCUT2D eigenvalue weighted by Gasteiger charge is 1.98. The van der Waals surface area contributed by atoms with E-state index in [4.69, 9.17) is 9.78 Å². The maximum atomic E-state index is 5.36. The maximum Gasteiger partial charge on any atom is 0.0822 e. The van der Waals surface area contributed by atoms with E-state index in [2.05, 4.69) is 0 Å². The molecule has 0 unspecified atom stereocenters. The molecule has 1 aliphatic heterocycles. The molecular formula is C32H64O2.